The van der Waals surface area contributed by atoms with Crippen LogP contribution in [0.15, 0.2) is 58.1 Å². The Hall–Kier alpha value is -3.59. The summed E-state index contributed by atoms with van der Waals surface area (Å²) in [5.74, 6) is 1.41. The molecule has 0 unspecified atom stereocenters. The van der Waals surface area contributed by atoms with E-state index in [9.17, 15) is 4.79 Å². The normalized spacial score (nSPS) is 16.5. The lowest BCUT2D eigenvalue weighted by atomic mass is 10.1. The number of nitrogens with one attached hydrogen (secondary N) is 1. The Bertz CT molecular complexity index is 1170. The molecule has 1 amide bonds. The second kappa shape index (κ2) is 9.91. The van der Waals surface area contributed by atoms with Crippen LogP contribution in [0.4, 0.5) is 0 Å². The van der Waals surface area contributed by atoms with Crippen LogP contribution in [0.2, 0.25) is 0 Å². The van der Waals surface area contributed by atoms with Gasteiger partial charge in [-0.05, 0) is 61.0 Å². The van der Waals surface area contributed by atoms with Crippen molar-refractivity contribution >= 4 is 39.8 Å². The topological polar surface area (TPSA) is 96.6 Å². The maximum Gasteiger partial charge on any atom is 0.283 e. The van der Waals surface area contributed by atoms with Gasteiger partial charge in [-0.2, -0.15) is 15.1 Å². The summed E-state index contributed by atoms with van der Waals surface area (Å²) >= 11 is 1.32. The molecule has 170 valence electrons. The number of amidine groups is 2. The third kappa shape index (κ3) is 5.09. The van der Waals surface area contributed by atoms with Crippen molar-refractivity contribution in [3.8, 4) is 17.2 Å². The zero-order valence-corrected chi connectivity index (χ0v) is 19.4. The largest absolute Gasteiger partial charge is 0.493 e. The molecule has 2 aliphatic heterocycles. The standard InChI is InChI=1S/C24H24N4O4S/c1-4-21-27-28-22(25)18(23(29)26-24(28)33-21)13-16-7-10-19(20(14-16)30-3)32-12-11-31-17-8-5-15(2)6-9-17/h5-10,13-14,25H,4,11-12H2,1-3H3/b18-13-,25-22?. The van der Waals surface area contributed by atoms with E-state index in [1.807, 2.05) is 38.1 Å². The Kier molecular flexibility index (Phi) is 6.79. The molecule has 2 aromatic carbocycles. The van der Waals surface area contributed by atoms with Crippen LogP contribution in [-0.4, -0.2) is 47.3 Å². The van der Waals surface area contributed by atoms with Gasteiger partial charge in [0.1, 0.15) is 24.0 Å². The molecule has 0 saturated carbocycles. The van der Waals surface area contributed by atoms with Crippen LogP contribution < -0.4 is 14.2 Å². The number of nitrogens with zero attached hydrogens (tertiary/aromatic N) is 3. The van der Waals surface area contributed by atoms with E-state index in [-0.39, 0.29) is 11.4 Å². The maximum absolute atomic E-state index is 12.5. The first-order valence-corrected chi connectivity index (χ1v) is 11.3. The fraction of sp³-hybridized carbons (Fsp3) is 0.250. The molecule has 2 heterocycles. The highest BCUT2D eigenvalue weighted by atomic mass is 32.2. The summed E-state index contributed by atoms with van der Waals surface area (Å²) in [6.07, 6.45) is 2.33. The smallest absolute Gasteiger partial charge is 0.283 e. The number of hydrazone groups is 1. The van der Waals surface area contributed by atoms with Gasteiger partial charge in [-0.1, -0.05) is 30.7 Å². The molecule has 0 atom stereocenters. The van der Waals surface area contributed by atoms with Crippen molar-refractivity contribution in [1.82, 2.24) is 5.01 Å². The minimum Gasteiger partial charge on any atom is -0.493 e. The lowest BCUT2D eigenvalue weighted by Crippen LogP contribution is -2.35. The minimum atomic E-state index is -0.459. The number of ether oxygens (including phenoxy) is 3. The molecule has 9 heteroatoms. The molecule has 2 aromatic rings. The van der Waals surface area contributed by atoms with Gasteiger partial charge in [-0.25, -0.2) is 0 Å². The summed E-state index contributed by atoms with van der Waals surface area (Å²) in [4.78, 5) is 16.6. The predicted molar refractivity (Wildman–Crippen MR) is 130 cm³/mol. The van der Waals surface area contributed by atoms with Crippen molar-refractivity contribution in [2.75, 3.05) is 20.3 Å². The van der Waals surface area contributed by atoms with E-state index in [1.54, 1.807) is 31.4 Å². The van der Waals surface area contributed by atoms with Gasteiger partial charge in [0, 0.05) is 0 Å². The molecule has 0 bridgehead atoms. The van der Waals surface area contributed by atoms with Gasteiger partial charge in [0.15, 0.2) is 17.3 Å². The number of aryl methyl sites for hydroxylation is 1. The van der Waals surface area contributed by atoms with Gasteiger partial charge in [0.2, 0.25) is 5.17 Å². The quantitative estimate of drug-likeness (QED) is 0.457. The first-order valence-electron chi connectivity index (χ1n) is 10.5. The number of hydrogen-bond donors (Lipinski definition) is 1. The van der Waals surface area contributed by atoms with Crippen LogP contribution >= 0.6 is 11.8 Å². The van der Waals surface area contributed by atoms with Crippen molar-refractivity contribution in [3.63, 3.8) is 0 Å². The van der Waals surface area contributed by atoms with Gasteiger partial charge >= 0.3 is 0 Å². The number of methoxy groups -OCH3 is 1. The Labute approximate surface area is 196 Å². The Morgan fingerprint density at radius 1 is 1.09 bits per heavy atom. The van der Waals surface area contributed by atoms with Crippen molar-refractivity contribution in [3.05, 3.63) is 59.2 Å². The Morgan fingerprint density at radius 3 is 2.58 bits per heavy atom. The summed E-state index contributed by atoms with van der Waals surface area (Å²) in [7, 11) is 1.55. The minimum absolute atomic E-state index is 0.00787. The number of carbonyl (C=O) groups excluding carboxylic acids is 1. The number of benzene rings is 2. The number of aliphatic imine (C=N–C) groups is 1. The third-order valence-electron chi connectivity index (χ3n) is 4.93. The zero-order chi connectivity index (χ0) is 23.4. The number of amides is 1. The van der Waals surface area contributed by atoms with Crippen LogP contribution in [0, 0.1) is 12.3 Å². The molecule has 0 aliphatic carbocycles. The highest BCUT2D eigenvalue weighted by Crippen LogP contribution is 2.32. The summed E-state index contributed by atoms with van der Waals surface area (Å²) < 4.78 is 17.0. The van der Waals surface area contributed by atoms with Crippen molar-refractivity contribution in [2.24, 2.45) is 10.1 Å². The highest BCUT2D eigenvalue weighted by molar-refractivity contribution is 8.26. The van der Waals surface area contributed by atoms with Crippen molar-refractivity contribution < 1.29 is 19.0 Å². The lowest BCUT2D eigenvalue weighted by molar-refractivity contribution is -0.114. The van der Waals surface area contributed by atoms with Crippen LogP contribution in [0.25, 0.3) is 6.08 Å². The molecule has 4 rings (SSSR count). The van der Waals surface area contributed by atoms with Crippen LogP contribution in [-0.2, 0) is 4.79 Å². The van der Waals surface area contributed by atoms with E-state index in [2.05, 4.69) is 10.1 Å². The second-order valence-electron chi connectivity index (χ2n) is 7.29. The summed E-state index contributed by atoms with van der Waals surface area (Å²) in [5.41, 5.74) is 2.03. The Morgan fingerprint density at radius 2 is 1.85 bits per heavy atom. The van der Waals surface area contributed by atoms with Crippen LogP contribution in [0.5, 0.6) is 17.2 Å². The zero-order valence-electron chi connectivity index (χ0n) is 18.6. The molecule has 8 nitrogen and oxygen atoms in total. The molecular weight excluding hydrogens is 440 g/mol. The fourth-order valence-corrected chi connectivity index (χ4v) is 4.00. The van der Waals surface area contributed by atoms with E-state index < -0.39 is 5.91 Å². The summed E-state index contributed by atoms with van der Waals surface area (Å²) in [6.45, 7) is 4.73. The monoisotopic (exact) mass is 464 g/mol. The molecule has 0 saturated heterocycles. The number of hydrogen-bond acceptors (Lipinski definition) is 7. The summed E-state index contributed by atoms with van der Waals surface area (Å²) in [5, 5.41) is 15.4. The molecule has 0 spiro atoms. The average molecular weight is 465 g/mol. The maximum atomic E-state index is 12.5. The number of thioether (sulfide) groups is 1. The van der Waals surface area contributed by atoms with E-state index >= 15 is 0 Å². The SMILES string of the molecule is CCC1=NN2C(=N)/C(=C/c3ccc(OCCOc4ccc(C)cc4)c(OC)c3)C(=O)N=C2S1. The summed E-state index contributed by atoms with van der Waals surface area (Å²) in [6, 6.07) is 13.1. The first-order chi connectivity index (χ1) is 16.0. The molecule has 2 aliphatic rings. The van der Waals surface area contributed by atoms with Crippen LogP contribution in [0.3, 0.4) is 0 Å². The molecule has 0 aromatic heterocycles. The van der Waals surface area contributed by atoms with E-state index in [0.29, 0.717) is 35.4 Å². The molecule has 0 fully saturated rings. The molecular formula is C24H24N4O4S. The number of fused-ring (bicyclic) bond motifs is 1. The number of rotatable bonds is 8. The predicted octanol–water partition coefficient (Wildman–Crippen LogP) is 4.49. The third-order valence-corrected chi connectivity index (χ3v) is 5.98. The van der Waals surface area contributed by atoms with Gasteiger partial charge < -0.3 is 14.2 Å². The van der Waals surface area contributed by atoms with Gasteiger partial charge in [0.05, 0.1) is 12.7 Å². The van der Waals surface area contributed by atoms with E-state index in [1.165, 1.54) is 22.3 Å². The molecule has 1 N–H and O–H groups in total. The first kappa shape index (κ1) is 22.6. The van der Waals surface area contributed by atoms with Gasteiger partial charge in [-0.15, -0.1) is 0 Å². The fourth-order valence-electron chi connectivity index (χ4n) is 3.18. The van der Waals surface area contributed by atoms with Crippen LogP contribution in [0.1, 0.15) is 24.5 Å². The lowest BCUT2D eigenvalue weighted by Gasteiger charge is -2.20. The van der Waals surface area contributed by atoms with Crippen molar-refractivity contribution in [2.45, 2.75) is 20.3 Å². The molecule has 33 heavy (non-hydrogen) atoms. The van der Waals surface area contributed by atoms with E-state index in [0.717, 1.165) is 17.2 Å². The highest BCUT2D eigenvalue weighted by Gasteiger charge is 2.35. The van der Waals surface area contributed by atoms with Gasteiger partial charge in [0.25, 0.3) is 5.91 Å². The Balaban J connectivity index is 1.43. The van der Waals surface area contributed by atoms with E-state index in [4.69, 9.17) is 19.6 Å². The molecule has 0 radical (unpaired) electrons. The van der Waals surface area contributed by atoms with Crippen molar-refractivity contribution in [1.29, 1.82) is 5.41 Å². The number of carbonyl (C=O) groups is 1. The second-order valence-corrected chi connectivity index (χ2v) is 8.33. The van der Waals surface area contributed by atoms with Gasteiger partial charge in [-0.3, -0.25) is 10.2 Å². The average Bonchev–Trinajstić information content (AvgIpc) is 3.24.